The molecule has 0 aliphatic rings. The summed E-state index contributed by atoms with van der Waals surface area (Å²) in [7, 11) is 0. The standard InChI is InChI=1S/C25H46N6O5S.C24H34N2O6S2/c1-5-8-9-12-19(30-22(34)7-3)24(36)31-20(16-37-4)21(33)14-17(11-10-13-28-25(26)27)23(35)29-15-18(32)6-2;1-15(10-22(29)30)23(31)26-20(14-34-4)21(28)12-18(11-17-8-6-5-7-9-17)24(32)25-19(13-33-3)16(2)27/h17,19-20H,5-16H2,1-4H3,(H,29,35)(H,30,34)(H,31,36)(H4,26,27,28);5-9,15,18-20H,10-14H2,1-4H3,(H,25,32)(H,26,31)(H,29,30)/t17-,19+,20+;15-,18+,19-,20-/m10/s1. The summed E-state index contributed by atoms with van der Waals surface area (Å²) in [4.78, 5) is 128. The van der Waals surface area contributed by atoms with Crippen LogP contribution in [0.3, 0.4) is 0 Å². The van der Waals surface area contributed by atoms with Gasteiger partial charge in [0, 0.05) is 67.2 Å². The summed E-state index contributed by atoms with van der Waals surface area (Å²) >= 11 is 4.20. The monoisotopic (exact) mass is 1050 g/mol. The lowest BCUT2D eigenvalue weighted by atomic mass is 9.91. The number of nitrogens with two attached hydrogens (primary N) is 2. The number of ketones is 4. The summed E-state index contributed by atoms with van der Waals surface area (Å²) < 4.78 is 0. The third-order valence-electron chi connectivity index (χ3n) is 11.0. The third kappa shape index (κ3) is 29.9. The molecule has 5 amide bonds. The minimum Gasteiger partial charge on any atom is -0.481 e. The molecule has 0 saturated heterocycles. The summed E-state index contributed by atoms with van der Waals surface area (Å²) in [6, 6.07) is 6.24. The molecule has 71 heavy (non-hydrogen) atoms. The van der Waals surface area contributed by atoms with Crippen LogP contribution in [0.5, 0.6) is 0 Å². The highest BCUT2D eigenvalue weighted by molar-refractivity contribution is 7.99. The van der Waals surface area contributed by atoms with E-state index in [1.807, 2.05) is 42.8 Å². The fourth-order valence-electron chi connectivity index (χ4n) is 6.84. The van der Waals surface area contributed by atoms with Gasteiger partial charge in [-0.2, -0.15) is 35.3 Å². The number of nitrogens with one attached hydrogen (secondary N) is 5. The number of carboxylic acid groups (broad SMARTS) is 1. The third-order valence-corrected chi connectivity index (χ3v) is 13.0. The minimum absolute atomic E-state index is 0.0583. The van der Waals surface area contributed by atoms with Crippen LogP contribution in [0.2, 0.25) is 0 Å². The van der Waals surface area contributed by atoms with Crippen molar-refractivity contribution in [3.63, 3.8) is 0 Å². The van der Waals surface area contributed by atoms with Crippen LogP contribution in [0, 0.1) is 17.8 Å². The van der Waals surface area contributed by atoms with E-state index in [0.29, 0.717) is 55.9 Å². The lowest BCUT2D eigenvalue weighted by Crippen LogP contribution is -2.52. The van der Waals surface area contributed by atoms with Gasteiger partial charge in [-0.25, -0.2) is 0 Å². The molecule has 0 fully saturated rings. The number of unbranched alkanes of at least 4 members (excludes halogenated alkanes) is 2. The van der Waals surface area contributed by atoms with Crippen molar-refractivity contribution in [2.45, 2.75) is 136 Å². The molecule has 1 aromatic rings. The highest BCUT2D eigenvalue weighted by atomic mass is 32.2. The van der Waals surface area contributed by atoms with Crippen molar-refractivity contribution in [2.24, 2.45) is 34.2 Å². The van der Waals surface area contributed by atoms with Gasteiger partial charge in [-0.3, -0.25) is 52.9 Å². The molecule has 1 rings (SSSR count). The number of thioether (sulfide) groups is 3. The average molecular weight is 1050 g/mol. The topological polar surface area (TPSA) is 315 Å². The molecule has 19 nitrogen and oxygen atoms in total. The zero-order valence-electron chi connectivity index (χ0n) is 42.8. The molecule has 0 heterocycles. The van der Waals surface area contributed by atoms with Crippen LogP contribution < -0.4 is 38.1 Å². The average Bonchev–Trinajstić information content (AvgIpc) is 3.32. The van der Waals surface area contributed by atoms with Crippen LogP contribution in [0.25, 0.3) is 0 Å². The van der Waals surface area contributed by atoms with Gasteiger partial charge < -0.3 is 43.2 Å². The molecule has 400 valence electrons. The molecular weight excluding hydrogens is 973 g/mol. The minimum atomic E-state index is -1.10. The van der Waals surface area contributed by atoms with E-state index in [-0.39, 0.29) is 73.1 Å². The van der Waals surface area contributed by atoms with Gasteiger partial charge >= 0.3 is 5.97 Å². The Bertz CT molecular complexity index is 1890. The maximum atomic E-state index is 13.3. The Kier molecular flexibility index (Phi) is 36.0. The fraction of sp³-hybridized carbons (Fsp3) is 0.653. The van der Waals surface area contributed by atoms with Crippen LogP contribution in [0.1, 0.15) is 111 Å². The maximum absolute atomic E-state index is 13.3. The van der Waals surface area contributed by atoms with E-state index in [9.17, 15) is 47.9 Å². The van der Waals surface area contributed by atoms with E-state index in [1.165, 1.54) is 49.1 Å². The van der Waals surface area contributed by atoms with Gasteiger partial charge in [-0.1, -0.05) is 77.3 Å². The summed E-state index contributed by atoms with van der Waals surface area (Å²) in [6.07, 6.45) is 9.68. The number of aliphatic carboxylic acids is 1. The molecule has 0 radical (unpaired) electrons. The molecule has 22 heteroatoms. The first-order valence-corrected chi connectivity index (χ1v) is 28.2. The summed E-state index contributed by atoms with van der Waals surface area (Å²) in [5.74, 6) is -5.15. The van der Waals surface area contributed by atoms with Crippen molar-refractivity contribution >= 4 is 99.9 Å². The van der Waals surface area contributed by atoms with Gasteiger partial charge in [0.2, 0.25) is 29.5 Å². The number of carboxylic acids is 1. The second kappa shape index (κ2) is 38.7. The number of carbonyl (C=O) groups excluding carboxylic acids is 9. The normalized spacial score (nSPS) is 13.7. The zero-order valence-corrected chi connectivity index (χ0v) is 45.3. The van der Waals surface area contributed by atoms with Gasteiger partial charge in [-0.05, 0) is 56.9 Å². The highest BCUT2D eigenvalue weighted by Crippen LogP contribution is 2.19. The SMILES string of the molecule is CCCCC[C@H](NC(=O)CC)C(=O)N[C@@H](CSC)C(=O)C[C@@H](CCCN=C(N)N)C(=O)NCC(=O)CC.CSC[C@H](NC(=O)[C@@H](CC(=O)[C@H](CSC)NC(=O)[C@@H](C)CC(=O)O)Cc1ccccc1)C(C)=O. The molecule has 0 aliphatic heterocycles. The van der Waals surface area contributed by atoms with Crippen LogP contribution in [0.15, 0.2) is 35.3 Å². The number of rotatable bonds is 37. The van der Waals surface area contributed by atoms with Gasteiger partial charge in [0.05, 0.1) is 31.1 Å². The largest absolute Gasteiger partial charge is 0.481 e. The predicted molar refractivity (Wildman–Crippen MR) is 284 cm³/mol. The second-order valence-electron chi connectivity index (χ2n) is 17.1. The first-order chi connectivity index (χ1) is 33.7. The van der Waals surface area contributed by atoms with Gasteiger partial charge in [-0.15, -0.1) is 0 Å². The zero-order chi connectivity index (χ0) is 53.9. The molecule has 10 N–H and O–H groups in total. The lowest BCUT2D eigenvalue weighted by molar-refractivity contribution is -0.141. The van der Waals surface area contributed by atoms with E-state index < -0.39 is 65.6 Å². The van der Waals surface area contributed by atoms with Crippen LogP contribution in [0.4, 0.5) is 0 Å². The fourth-order valence-corrected chi connectivity index (χ4v) is 8.69. The van der Waals surface area contributed by atoms with Gasteiger partial charge in [0.1, 0.15) is 6.04 Å². The Morgan fingerprint density at radius 2 is 1.18 bits per heavy atom. The van der Waals surface area contributed by atoms with Crippen molar-refractivity contribution < 1.29 is 53.1 Å². The predicted octanol–water partition coefficient (Wildman–Crippen LogP) is 3.23. The van der Waals surface area contributed by atoms with Crippen molar-refractivity contribution in [1.82, 2.24) is 26.6 Å². The second-order valence-corrected chi connectivity index (χ2v) is 19.8. The number of benzene rings is 1. The number of aliphatic imine (C=N–C) groups is 1. The number of Topliss-reactive ketones (excluding diaryl/α,β-unsaturated/α-hetero) is 4. The van der Waals surface area contributed by atoms with E-state index in [2.05, 4.69) is 38.5 Å². The van der Waals surface area contributed by atoms with Gasteiger partial charge in [0.15, 0.2) is 29.1 Å². The van der Waals surface area contributed by atoms with Crippen LogP contribution >= 0.6 is 35.3 Å². The number of guanidine groups is 1. The van der Waals surface area contributed by atoms with E-state index in [0.717, 1.165) is 24.8 Å². The summed E-state index contributed by atoms with van der Waals surface area (Å²) in [6.45, 7) is 8.58. The highest BCUT2D eigenvalue weighted by Gasteiger charge is 2.32. The first kappa shape index (κ1) is 66.0. The quantitative estimate of drug-likeness (QED) is 0.0269. The maximum Gasteiger partial charge on any atom is 0.304 e. The molecule has 0 spiro atoms. The smallest absolute Gasteiger partial charge is 0.304 e. The lowest BCUT2D eigenvalue weighted by Gasteiger charge is -2.24. The molecule has 0 aliphatic carbocycles. The molecule has 7 atom stereocenters. The van der Waals surface area contributed by atoms with E-state index >= 15 is 0 Å². The summed E-state index contributed by atoms with van der Waals surface area (Å²) in [5.41, 5.74) is 11.6. The van der Waals surface area contributed by atoms with Gasteiger partial charge in [0.25, 0.3) is 0 Å². The summed E-state index contributed by atoms with van der Waals surface area (Å²) in [5, 5.41) is 22.5. The van der Waals surface area contributed by atoms with E-state index in [4.69, 9.17) is 16.6 Å². The number of carbonyl (C=O) groups is 10. The molecule has 0 unspecified atom stereocenters. The Balaban J connectivity index is 0.00000138. The van der Waals surface area contributed by atoms with Crippen molar-refractivity contribution in [2.75, 3.05) is 49.1 Å². The first-order valence-electron chi connectivity index (χ1n) is 24.0. The number of hydrogen-bond donors (Lipinski definition) is 8. The molecule has 0 bridgehead atoms. The van der Waals surface area contributed by atoms with Crippen molar-refractivity contribution in [3.8, 4) is 0 Å². The molecular formula is C49H80N8O11S3. The Hall–Kier alpha value is -4.96. The van der Waals surface area contributed by atoms with E-state index in [1.54, 1.807) is 20.1 Å². The molecule has 0 saturated carbocycles. The molecule has 0 aromatic heterocycles. The van der Waals surface area contributed by atoms with Crippen LogP contribution in [-0.2, 0) is 54.4 Å². The van der Waals surface area contributed by atoms with Crippen molar-refractivity contribution in [1.29, 1.82) is 0 Å². The van der Waals surface area contributed by atoms with Crippen LogP contribution in [-0.4, -0.2) is 143 Å². The number of nitrogens with zero attached hydrogens (tertiary/aromatic N) is 1. The molecule has 1 aromatic carbocycles. The Labute approximate surface area is 432 Å². The number of hydrogen-bond acceptors (Lipinski definition) is 14. The Morgan fingerprint density at radius 1 is 0.634 bits per heavy atom. The Morgan fingerprint density at radius 3 is 1.69 bits per heavy atom. The van der Waals surface area contributed by atoms with Crippen molar-refractivity contribution in [3.05, 3.63) is 35.9 Å². The number of amides is 5.